The van der Waals surface area contributed by atoms with Crippen molar-refractivity contribution in [2.24, 2.45) is 0 Å². The van der Waals surface area contributed by atoms with Gasteiger partial charge in [0.25, 0.3) is 10.0 Å². The zero-order chi connectivity index (χ0) is 33.4. The summed E-state index contributed by atoms with van der Waals surface area (Å²) in [6.45, 7) is 4.09. The number of carbonyl (C=O) groups excluding carboxylic acids is 2. The van der Waals surface area contributed by atoms with Gasteiger partial charge in [0.1, 0.15) is 25.8 Å². The van der Waals surface area contributed by atoms with E-state index < -0.39 is 28.5 Å². The van der Waals surface area contributed by atoms with Gasteiger partial charge < -0.3 is 19.7 Å². The molecule has 0 spiro atoms. The predicted octanol–water partition coefficient (Wildman–Crippen LogP) is 5.97. The summed E-state index contributed by atoms with van der Waals surface area (Å²) in [5.74, 6) is 0.0163. The first-order valence-corrected chi connectivity index (χ1v) is 17.7. The predicted molar refractivity (Wildman–Crippen MR) is 185 cm³/mol. The number of carbonyl (C=O) groups is 2. The lowest BCUT2D eigenvalue weighted by Crippen LogP contribution is -2.54. The van der Waals surface area contributed by atoms with Crippen molar-refractivity contribution >= 4 is 43.5 Å². The third-order valence-corrected chi connectivity index (χ3v) is 10.2. The molecule has 0 aliphatic carbocycles. The number of sulfonamides is 1. The van der Waals surface area contributed by atoms with E-state index in [1.54, 1.807) is 36.4 Å². The quantitative estimate of drug-likeness (QED) is 0.183. The lowest BCUT2D eigenvalue weighted by Gasteiger charge is -2.34. The highest BCUT2D eigenvalue weighted by Gasteiger charge is 2.35. The first-order valence-electron chi connectivity index (χ1n) is 15.5. The Labute approximate surface area is 284 Å². The standard InChI is InChI=1S/C36H38BrN3O6S/c1-3-26(2)38-36(42)32(22-27-11-6-4-7-12-27)39(24-28-13-10-14-29(37)21-28)35(41)25-40(47(43,44)31-15-8-5-9-16-31)30-17-18-33-34(23-30)46-20-19-45-33/h4-18,21,23,26,32H,3,19-20,22,24-25H2,1-2H3,(H,38,42)/t26-,32+/m0/s1. The van der Waals surface area contributed by atoms with Crippen molar-refractivity contribution < 1.29 is 27.5 Å². The molecule has 2 atom stereocenters. The highest BCUT2D eigenvalue weighted by atomic mass is 79.9. The third kappa shape index (κ3) is 8.52. The number of fused-ring (bicyclic) bond motifs is 1. The monoisotopic (exact) mass is 719 g/mol. The van der Waals surface area contributed by atoms with Crippen LogP contribution in [0.2, 0.25) is 0 Å². The maximum absolute atomic E-state index is 14.6. The summed E-state index contributed by atoms with van der Waals surface area (Å²) in [6.07, 6.45) is 0.939. The molecule has 0 bridgehead atoms. The molecule has 1 heterocycles. The highest BCUT2D eigenvalue weighted by Crippen LogP contribution is 2.36. The van der Waals surface area contributed by atoms with Gasteiger partial charge in [-0.25, -0.2) is 8.42 Å². The van der Waals surface area contributed by atoms with E-state index in [1.807, 2.05) is 68.4 Å². The van der Waals surface area contributed by atoms with Gasteiger partial charge in [-0.15, -0.1) is 0 Å². The molecule has 0 aromatic heterocycles. The third-order valence-electron chi connectivity index (χ3n) is 7.94. The summed E-state index contributed by atoms with van der Waals surface area (Å²) >= 11 is 3.51. The van der Waals surface area contributed by atoms with Crippen LogP contribution in [-0.2, 0) is 32.6 Å². The molecule has 4 aromatic rings. The first-order chi connectivity index (χ1) is 22.7. The van der Waals surface area contributed by atoms with Crippen molar-refractivity contribution in [3.8, 4) is 11.5 Å². The van der Waals surface area contributed by atoms with Crippen molar-refractivity contribution in [1.29, 1.82) is 0 Å². The molecule has 0 unspecified atom stereocenters. The van der Waals surface area contributed by atoms with Crippen molar-refractivity contribution in [3.63, 3.8) is 0 Å². The zero-order valence-electron chi connectivity index (χ0n) is 26.3. The largest absolute Gasteiger partial charge is 0.486 e. The van der Waals surface area contributed by atoms with E-state index in [0.717, 1.165) is 19.9 Å². The van der Waals surface area contributed by atoms with E-state index in [4.69, 9.17) is 9.47 Å². The lowest BCUT2D eigenvalue weighted by atomic mass is 10.0. The van der Waals surface area contributed by atoms with Crippen molar-refractivity contribution in [3.05, 3.63) is 119 Å². The minimum atomic E-state index is -4.24. The van der Waals surface area contributed by atoms with Crippen molar-refractivity contribution in [2.45, 2.75) is 50.2 Å². The van der Waals surface area contributed by atoms with Crippen LogP contribution in [0, 0.1) is 0 Å². The van der Waals surface area contributed by atoms with Gasteiger partial charge >= 0.3 is 0 Å². The molecule has 4 aromatic carbocycles. The first kappa shape index (κ1) is 34.0. The van der Waals surface area contributed by atoms with Gasteiger partial charge in [0.2, 0.25) is 11.8 Å². The van der Waals surface area contributed by atoms with Gasteiger partial charge in [0, 0.05) is 29.5 Å². The summed E-state index contributed by atoms with van der Waals surface area (Å²) in [5.41, 5.74) is 1.88. The van der Waals surface area contributed by atoms with Gasteiger partial charge in [-0.2, -0.15) is 0 Å². The van der Waals surface area contributed by atoms with Crippen LogP contribution in [0.15, 0.2) is 112 Å². The van der Waals surface area contributed by atoms with Crippen LogP contribution in [0.3, 0.4) is 0 Å². The number of halogens is 1. The molecule has 9 nitrogen and oxygen atoms in total. The van der Waals surface area contributed by atoms with Crippen LogP contribution >= 0.6 is 15.9 Å². The fraction of sp³-hybridized carbons (Fsp3) is 0.278. The van der Waals surface area contributed by atoms with Gasteiger partial charge in [0.05, 0.1) is 10.6 Å². The van der Waals surface area contributed by atoms with E-state index in [-0.39, 0.29) is 35.5 Å². The molecule has 47 heavy (non-hydrogen) atoms. The number of benzene rings is 4. The van der Waals surface area contributed by atoms with Crippen LogP contribution in [0.1, 0.15) is 31.4 Å². The number of nitrogens with one attached hydrogen (secondary N) is 1. The second-order valence-corrected chi connectivity index (χ2v) is 14.1. The fourth-order valence-electron chi connectivity index (χ4n) is 5.26. The number of hydrogen-bond donors (Lipinski definition) is 1. The summed E-state index contributed by atoms with van der Waals surface area (Å²) < 4.78 is 41.8. The van der Waals surface area contributed by atoms with E-state index in [0.29, 0.717) is 31.1 Å². The average Bonchev–Trinajstić information content (AvgIpc) is 3.09. The molecular weight excluding hydrogens is 682 g/mol. The number of anilines is 1. The van der Waals surface area contributed by atoms with Crippen LogP contribution in [-0.4, -0.2) is 57.0 Å². The molecule has 2 amide bonds. The number of hydrogen-bond acceptors (Lipinski definition) is 6. The van der Waals surface area contributed by atoms with E-state index >= 15 is 0 Å². The molecule has 11 heteroatoms. The Bertz CT molecular complexity index is 1790. The summed E-state index contributed by atoms with van der Waals surface area (Å²) in [7, 11) is -4.24. The number of amides is 2. The Kier molecular flexibility index (Phi) is 11.2. The lowest BCUT2D eigenvalue weighted by molar-refractivity contribution is -0.140. The minimum Gasteiger partial charge on any atom is -0.486 e. The Morgan fingerprint density at radius 3 is 2.19 bits per heavy atom. The fourth-order valence-corrected chi connectivity index (χ4v) is 7.14. The second-order valence-electron chi connectivity index (χ2n) is 11.3. The molecule has 5 rings (SSSR count). The molecule has 1 N–H and O–H groups in total. The molecule has 0 radical (unpaired) electrons. The van der Waals surface area contributed by atoms with Gasteiger partial charge in [0.15, 0.2) is 11.5 Å². The highest BCUT2D eigenvalue weighted by molar-refractivity contribution is 9.10. The Morgan fingerprint density at radius 2 is 1.51 bits per heavy atom. The normalized spacial score (nSPS) is 13.7. The smallest absolute Gasteiger partial charge is 0.264 e. The van der Waals surface area contributed by atoms with Gasteiger partial charge in [-0.3, -0.25) is 13.9 Å². The minimum absolute atomic E-state index is 0.0246. The summed E-state index contributed by atoms with van der Waals surface area (Å²) in [5, 5.41) is 3.05. The van der Waals surface area contributed by atoms with Gasteiger partial charge in [-0.1, -0.05) is 83.5 Å². The molecule has 0 saturated carbocycles. The second kappa shape index (κ2) is 15.5. The molecule has 0 saturated heterocycles. The Hall–Kier alpha value is -4.35. The molecular formula is C36H38BrN3O6S. The van der Waals surface area contributed by atoms with Crippen molar-refractivity contribution in [1.82, 2.24) is 10.2 Å². The molecule has 246 valence electrons. The topological polar surface area (TPSA) is 105 Å². The molecule has 1 aliphatic rings. The number of ether oxygens (including phenoxy) is 2. The van der Waals surface area contributed by atoms with Crippen LogP contribution in [0.5, 0.6) is 11.5 Å². The van der Waals surface area contributed by atoms with E-state index in [2.05, 4.69) is 21.2 Å². The van der Waals surface area contributed by atoms with E-state index in [9.17, 15) is 18.0 Å². The Morgan fingerprint density at radius 1 is 0.851 bits per heavy atom. The number of nitrogens with zero attached hydrogens (tertiary/aromatic N) is 2. The molecule has 0 fully saturated rings. The molecule has 1 aliphatic heterocycles. The zero-order valence-corrected chi connectivity index (χ0v) is 28.7. The Balaban J connectivity index is 1.59. The van der Waals surface area contributed by atoms with E-state index in [1.165, 1.54) is 17.0 Å². The maximum Gasteiger partial charge on any atom is 0.264 e. The van der Waals surface area contributed by atoms with Crippen molar-refractivity contribution in [2.75, 3.05) is 24.1 Å². The van der Waals surface area contributed by atoms with Crippen LogP contribution < -0.4 is 19.1 Å². The van der Waals surface area contributed by atoms with Crippen LogP contribution in [0.4, 0.5) is 5.69 Å². The summed E-state index contributed by atoms with van der Waals surface area (Å²) in [6, 6.07) is 28.7. The number of rotatable bonds is 13. The maximum atomic E-state index is 14.6. The summed E-state index contributed by atoms with van der Waals surface area (Å²) in [4.78, 5) is 30.1. The SMILES string of the molecule is CC[C@H](C)NC(=O)[C@@H](Cc1ccccc1)N(Cc1cccc(Br)c1)C(=O)CN(c1ccc2c(c1)OCCO2)S(=O)(=O)c1ccccc1. The van der Waals surface area contributed by atoms with Gasteiger partial charge in [-0.05, 0) is 60.9 Å². The van der Waals surface area contributed by atoms with Crippen LogP contribution in [0.25, 0.3) is 0 Å². The average molecular weight is 721 g/mol.